The van der Waals surface area contributed by atoms with Crippen LogP contribution in [0.3, 0.4) is 0 Å². The predicted octanol–water partition coefficient (Wildman–Crippen LogP) is 3.74. The molecule has 1 saturated carbocycles. The van der Waals surface area contributed by atoms with Crippen LogP contribution in [0.4, 0.5) is 0 Å². The third-order valence-electron chi connectivity index (χ3n) is 4.52. The van der Waals surface area contributed by atoms with Gasteiger partial charge in [0, 0.05) is 24.8 Å². The van der Waals surface area contributed by atoms with E-state index in [1.165, 1.54) is 37.8 Å². The van der Waals surface area contributed by atoms with Gasteiger partial charge >= 0.3 is 0 Å². The van der Waals surface area contributed by atoms with Crippen molar-refractivity contribution in [1.29, 1.82) is 0 Å². The summed E-state index contributed by atoms with van der Waals surface area (Å²) in [5.74, 6) is 0. The van der Waals surface area contributed by atoms with Gasteiger partial charge in [0.05, 0.1) is 12.0 Å². The van der Waals surface area contributed by atoms with E-state index in [0.29, 0.717) is 5.41 Å². The van der Waals surface area contributed by atoms with Crippen molar-refractivity contribution in [2.75, 3.05) is 0 Å². The zero-order valence-corrected chi connectivity index (χ0v) is 13.0. The Kier molecular flexibility index (Phi) is 4.34. The Bertz CT molecular complexity index is 394. The van der Waals surface area contributed by atoms with Crippen LogP contribution in [0.2, 0.25) is 0 Å². The first-order valence-electron chi connectivity index (χ1n) is 7.68. The molecule has 19 heavy (non-hydrogen) atoms. The van der Waals surface area contributed by atoms with Crippen molar-refractivity contribution in [3.8, 4) is 0 Å². The molecule has 1 heterocycles. The molecule has 0 atom stereocenters. The molecule has 1 aromatic rings. The number of hydrogen-bond donors (Lipinski definition) is 1. The van der Waals surface area contributed by atoms with Crippen molar-refractivity contribution in [1.82, 2.24) is 14.9 Å². The van der Waals surface area contributed by atoms with Gasteiger partial charge in [-0.1, -0.05) is 19.8 Å². The highest BCUT2D eigenvalue weighted by molar-refractivity contribution is 5.01. The second kappa shape index (κ2) is 5.66. The van der Waals surface area contributed by atoms with Crippen LogP contribution in [0.5, 0.6) is 0 Å². The van der Waals surface area contributed by atoms with Crippen molar-refractivity contribution < 1.29 is 0 Å². The smallest absolute Gasteiger partial charge is 0.0948 e. The summed E-state index contributed by atoms with van der Waals surface area (Å²) >= 11 is 0. The Balaban J connectivity index is 2.03. The first-order valence-corrected chi connectivity index (χ1v) is 7.68. The molecule has 108 valence electrons. The molecule has 1 fully saturated rings. The molecule has 3 heteroatoms. The zero-order valence-electron chi connectivity index (χ0n) is 13.0. The molecule has 0 spiro atoms. The maximum absolute atomic E-state index is 4.35. The van der Waals surface area contributed by atoms with Crippen LogP contribution in [-0.2, 0) is 13.1 Å². The van der Waals surface area contributed by atoms with E-state index in [0.717, 1.165) is 13.1 Å². The molecule has 1 N–H and O–H groups in total. The van der Waals surface area contributed by atoms with Crippen molar-refractivity contribution in [3.63, 3.8) is 0 Å². The zero-order chi connectivity index (χ0) is 13.9. The van der Waals surface area contributed by atoms with E-state index in [1.54, 1.807) is 0 Å². The van der Waals surface area contributed by atoms with Gasteiger partial charge in [-0.05, 0) is 45.4 Å². The lowest BCUT2D eigenvalue weighted by Gasteiger charge is -2.29. The first kappa shape index (κ1) is 14.6. The maximum atomic E-state index is 4.35. The molecular weight excluding hydrogens is 234 g/mol. The second-order valence-electron chi connectivity index (χ2n) is 7.18. The minimum absolute atomic E-state index is 0.158. The van der Waals surface area contributed by atoms with Crippen LogP contribution in [0.25, 0.3) is 0 Å². The van der Waals surface area contributed by atoms with E-state index in [4.69, 9.17) is 0 Å². The number of aromatic nitrogens is 2. The fraction of sp³-hybridized carbons (Fsp3) is 0.812. The Morgan fingerprint density at radius 2 is 2.00 bits per heavy atom. The van der Waals surface area contributed by atoms with Crippen LogP contribution in [-0.4, -0.2) is 15.1 Å². The molecule has 1 aliphatic carbocycles. The minimum Gasteiger partial charge on any atom is -0.333 e. The summed E-state index contributed by atoms with van der Waals surface area (Å²) in [5.41, 5.74) is 2.00. The van der Waals surface area contributed by atoms with E-state index in [-0.39, 0.29) is 5.54 Å². The number of imidazole rings is 1. The van der Waals surface area contributed by atoms with Crippen LogP contribution in [0.15, 0.2) is 12.5 Å². The van der Waals surface area contributed by atoms with Crippen molar-refractivity contribution in [2.45, 2.75) is 78.4 Å². The fourth-order valence-corrected chi connectivity index (χ4v) is 3.10. The van der Waals surface area contributed by atoms with E-state index in [1.807, 2.05) is 12.5 Å². The lowest BCUT2D eigenvalue weighted by Crippen LogP contribution is -2.36. The van der Waals surface area contributed by atoms with E-state index in [9.17, 15) is 0 Å². The Hall–Kier alpha value is -0.830. The van der Waals surface area contributed by atoms with E-state index in [2.05, 4.69) is 42.6 Å². The molecule has 2 rings (SSSR count). The molecule has 0 amide bonds. The van der Waals surface area contributed by atoms with Gasteiger partial charge in [-0.25, -0.2) is 4.98 Å². The average Bonchev–Trinajstić information content (AvgIpc) is 2.96. The molecule has 0 radical (unpaired) electrons. The van der Waals surface area contributed by atoms with Crippen LogP contribution in [0.1, 0.15) is 65.5 Å². The summed E-state index contributed by atoms with van der Waals surface area (Å²) in [5, 5.41) is 3.56. The quantitative estimate of drug-likeness (QED) is 0.877. The number of nitrogens with zero attached hydrogens (tertiary/aromatic N) is 2. The summed E-state index contributed by atoms with van der Waals surface area (Å²) in [4.78, 5) is 4.35. The van der Waals surface area contributed by atoms with Gasteiger partial charge in [0.2, 0.25) is 0 Å². The van der Waals surface area contributed by atoms with Gasteiger partial charge in [0.25, 0.3) is 0 Å². The molecule has 1 aromatic heterocycles. The average molecular weight is 263 g/mol. The highest BCUT2D eigenvalue weighted by atomic mass is 15.1. The third kappa shape index (κ3) is 3.82. The fourth-order valence-electron chi connectivity index (χ4n) is 3.10. The second-order valence-corrected chi connectivity index (χ2v) is 7.18. The Labute approximate surface area is 117 Å². The molecule has 0 aliphatic heterocycles. The number of nitrogens with one attached hydrogen (secondary N) is 1. The first-order chi connectivity index (χ1) is 8.94. The van der Waals surface area contributed by atoms with Gasteiger partial charge in [0.15, 0.2) is 0 Å². The van der Waals surface area contributed by atoms with Crippen LogP contribution in [0, 0.1) is 5.41 Å². The van der Waals surface area contributed by atoms with Crippen LogP contribution < -0.4 is 5.32 Å². The molecule has 0 saturated heterocycles. The van der Waals surface area contributed by atoms with Gasteiger partial charge in [-0.3, -0.25) is 0 Å². The monoisotopic (exact) mass is 263 g/mol. The van der Waals surface area contributed by atoms with Gasteiger partial charge in [-0.15, -0.1) is 0 Å². The summed E-state index contributed by atoms with van der Waals surface area (Å²) < 4.78 is 2.37. The van der Waals surface area contributed by atoms with Crippen molar-refractivity contribution in [3.05, 3.63) is 18.2 Å². The minimum atomic E-state index is 0.158. The van der Waals surface area contributed by atoms with Crippen molar-refractivity contribution in [2.24, 2.45) is 5.41 Å². The molecule has 0 bridgehead atoms. The largest absolute Gasteiger partial charge is 0.333 e. The van der Waals surface area contributed by atoms with Gasteiger partial charge < -0.3 is 9.88 Å². The summed E-state index contributed by atoms with van der Waals surface area (Å²) in [6.07, 6.45) is 10.9. The maximum Gasteiger partial charge on any atom is 0.0948 e. The molecule has 3 nitrogen and oxygen atoms in total. The normalized spacial score (nSPS) is 18.9. The lowest BCUT2D eigenvalue weighted by atomic mass is 9.83. The SMILES string of the molecule is CCC1(Cn2cncc2CNC(C)(C)C)CCCC1. The lowest BCUT2D eigenvalue weighted by molar-refractivity contribution is 0.233. The highest BCUT2D eigenvalue weighted by Gasteiger charge is 2.32. The summed E-state index contributed by atoms with van der Waals surface area (Å²) in [7, 11) is 0. The standard InChI is InChI=1S/C16H29N3/c1-5-16(8-6-7-9-16)12-19-13-17-10-14(19)11-18-15(2,3)4/h10,13,18H,5-9,11-12H2,1-4H3. The number of hydrogen-bond acceptors (Lipinski definition) is 2. The molecular formula is C16H29N3. The van der Waals surface area contributed by atoms with E-state index < -0.39 is 0 Å². The molecule has 0 unspecified atom stereocenters. The van der Waals surface area contributed by atoms with Crippen LogP contribution >= 0.6 is 0 Å². The Morgan fingerprint density at radius 3 is 2.58 bits per heavy atom. The van der Waals surface area contributed by atoms with E-state index >= 15 is 0 Å². The predicted molar refractivity (Wildman–Crippen MR) is 80.0 cm³/mol. The highest BCUT2D eigenvalue weighted by Crippen LogP contribution is 2.42. The number of rotatable bonds is 5. The molecule has 1 aliphatic rings. The Morgan fingerprint density at radius 1 is 1.32 bits per heavy atom. The van der Waals surface area contributed by atoms with Crippen molar-refractivity contribution >= 4 is 0 Å². The third-order valence-corrected chi connectivity index (χ3v) is 4.52. The summed E-state index contributed by atoms with van der Waals surface area (Å²) in [6, 6.07) is 0. The molecule has 0 aromatic carbocycles. The summed E-state index contributed by atoms with van der Waals surface area (Å²) in [6.45, 7) is 11.0. The van der Waals surface area contributed by atoms with Gasteiger partial charge in [-0.2, -0.15) is 0 Å². The van der Waals surface area contributed by atoms with Gasteiger partial charge in [0.1, 0.15) is 0 Å². The topological polar surface area (TPSA) is 29.9 Å².